The first-order valence-corrected chi connectivity index (χ1v) is 10.9. The predicted molar refractivity (Wildman–Crippen MR) is 115 cm³/mol. The van der Waals surface area contributed by atoms with E-state index in [1.54, 1.807) is 11.0 Å². The van der Waals surface area contributed by atoms with Crippen molar-refractivity contribution in [1.82, 2.24) is 10.2 Å². The van der Waals surface area contributed by atoms with Crippen LogP contribution in [0.15, 0.2) is 36.4 Å². The fourth-order valence-corrected chi connectivity index (χ4v) is 4.36. The highest BCUT2D eigenvalue weighted by atomic mass is 32.1. The second-order valence-electron chi connectivity index (χ2n) is 7.53. The zero-order valence-electron chi connectivity index (χ0n) is 16.9. The van der Waals surface area contributed by atoms with Crippen molar-refractivity contribution >= 4 is 34.7 Å². The van der Waals surface area contributed by atoms with E-state index in [4.69, 9.17) is 0 Å². The van der Waals surface area contributed by atoms with Gasteiger partial charge < -0.3 is 15.5 Å². The molecule has 1 aromatic carbocycles. The third-order valence-electron chi connectivity index (χ3n) is 5.09. The molecule has 1 unspecified atom stereocenters. The van der Waals surface area contributed by atoms with E-state index < -0.39 is 11.8 Å². The fraction of sp³-hybridized carbons (Fsp3) is 0.409. The number of ketones is 1. The number of hydrogen-bond acceptors (Lipinski definition) is 4. The summed E-state index contributed by atoms with van der Waals surface area (Å²) in [4.78, 5) is 40.4. The van der Waals surface area contributed by atoms with Crippen LogP contribution in [0.5, 0.6) is 0 Å². The SMILES string of the molecule is Cc1ccc(C(=O)CCC(=O)N2CCCC(CNC(=O)Nc3cccc(F)c3)C2)s1. The van der Waals surface area contributed by atoms with Gasteiger partial charge in [-0.1, -0.05) is 6.07 Å². The number of piperidine rings is 1. The number of thiophene rings is 1. The zero-order valence-corrected chi connectivity index (χ0v) is 17.8. The van der Waals surface area contributed by atoms with E-state index in [-0.39, 0.29) is 30.4 Å². The molecular formula is C22H26FN3O3S. The summed E-state index contributed by atoms with van der Waals surface area (Å²) in [5.74, 6) is -0.283. The Morgan fingerprint density at radius 3 is 2.77 bits per heavy atom. The second kappa shape index (κ2) is 10.3. The van der Waals surface area contributed by atoms with Crippen LogP contribution in [0.25, 0.3) is 0 Å². The molecule has 1 fully saturated rings. The summed E-state index contributed by atoms with van der Waals surface area (Å²) >= 11 is 1.45. The number of carbonyl (C=O) groups excluding carboxylic acids is 3. The van der Waals surface area contributed by atoms with E-state index in [9.17, 15) is 18.8 Å². The molecule has 30 heavy (non-hydrogen) atoms. The largest absolute Gasteiger partial charge is 0.342 e. The number of aryl methyl sites for hydroxylation is 1. The van der Waals surface area contributed by atoms with Crippen molar-refractivity contribution in [2.24, 2.45) is 5.92 Å². The molecule has 0 saturated carbocycles. The average molecular weight is 432 g/mol. The maximum Gasteiger partial charge on any atom is 0.319 e. The molecule has 1 saturated heterocycles. The van der Waals surface area contributed by atoms with Crippen molar-refractivity contribution in [3.63, 3.8) is 0 Å². The Bertz CT molecular complexity index is 915. The average Bonchev–Trinajstić information content (AvgIpc) is 3.17. The summed E-state index contributed by atoms with van der Waals surface area (Å²) in [5.41, 5.74) is 0.388. The Morgan fingerprint density at radius 1 is 1.20 bits per heavy atom. The first-order valence-electron chi connectivity index (χ1n) is 10.1. The third kappa shape index (κ3) is 6.38. The van der Waals surface area contributed by atoms with Crippen LogP contribution in [0.2, 0.25) is 0 Å². The van der Waals surface area contributed by atoms with Gasteiger partial charge in [0.05, 0.1) is 4.88 Å². The summed E-state index contributed by atoms with van der Waals surface area (Å²) in [6.45, 7) is 3.62. The molecule has 2 N–H and O–H groups in total. The first-order chi connectivity index (χ1) is 14.4. The van der Waals surface area contributed by atoms with Gasteiger partial charge in [0.15, 0.2) is 5.78 Å². The fourth-order valence-electron chi connectivity index (χ4n) is 3.52. The predicted octanol–water partition coefficient (Wildman–Crippen LogP) is 4.22. The molecule has 3 rings (SSSR count). The standard InChI is InChI=1S/C22H26FN3O3S/c1-15-7-9-20(30-15)19(27)8-10-21(28)26-11-3-4-16(14-26)13-24-22(29)25-18-6-2-5-17(23)12-18/h2,5-7,9,12,16H,3-4,8,10-11,13-14H2,1H3,(H2,24,25,29). The van der Waals surface area contributed by atoms with E-state index in [0.717, 1.165) is 17.7 Å². The van der Waals surface area contributed by atoms with Gasteiger partial charge in [-0.2, -0.15) is 0 Å². The number of Topliss-reactive ketones (excluding diaryl/α,β-unsaturated/α-hetero) is 1. The van der Waals surface area contributed by atoms with Gasteiger partial charge in [0.2, 0.25) is 5.91 Å². The van der Waals surface area contributed by atoms with Crippen LogP contribution in [0.1, 0.15) is 40.2 Å². The van der Waals surface area contributed by atoms with Crippen molar-refractivity contribution in [1.29, 1.82) is 0 Å². The number of anilines is 1. The van der Waals surface area contributed by atoms with Gasteiger partial charge in [0, 0.05) is 43.0 Å². The van der Waals surface area contributed by atoms with Crippen LogP contribution in [0.3, 0.4) is 0 Å². The maximum atomic E-state index is 13.2. The first kappa shape index (κ1) is 22.0. The smallest absolute Gasteiger partial charge is 0.319 e. The summed E-state index contributed by atoms with van der Waals surface area (Å²) in [5, 5.41) is 5.39. The quantitative estimate of drug-likeness (QED) is 0.645. The summed E-state index contributed by atoms with van der Waals surface area (Å²) in [6, 6.07) is 9.02. The van der Waals surface area contributed by atoms with Gasteiger partial charge in [-0.05, 0) is 56.0 Å². The van der Waals surface area contributed by atoms with Gasteiger partial charge in [-0.15, -0.1) is 11.3 Å². The van der Waals surface area contributed by atoms with Crippen molar-refractivity contribution in [3.8, 4) is 0 Å². The minimum Gasteiger partial charge on any atom is -0.342 e. The highest BCUT2D eigenvalue weighted by Gasteiger charge is 2.24. The molecule has 1 aliphatic heterocycles. The number of nitrogens with zero attached hydrogens (tertiary/aromatic N) is 1. The van der Waals surface area contributed by atoms with Gasteiger partial charge in [0.1, 0.15) is 5.82 Å². The Balaban J connectivity index is 1.41. The molecule has 0 spiro atoms. The Labute approximate surface area is 179 Å². The minimum atomic E-state index is -0.415. The number of nitrogens with one attached hydrogen (secondary N) is 2. The lowest BCUT2D eigenvalue weighted by molar-refractivity contribution is -0.132. The molecule has 2 heterocycles. The van der Waals surface area contributed by atoms with Crippen molar-refractivity contribution in [3.05, 3.63) is 52.0 Å². The van der Waals surface area contributed by atoms with Crippen LogP contribution < -0.4 is 10.6 Å². The number of carbonyl (C=O) groups is 3. The molecular weight excluding hydrogens is 405 g/mol. The molecule has 8 heteroatoms. The lowest BCUT2D eigenvalue weighted by Crippen LogP contribution is -2.44. The molecule has 1 aliphatic rings. The summed E-state index contributed by atoms with van der Waals surface area (Å²) in [6.07, 6.45) is 2.20. The molecule has 2 aromatic rings. The molecule has 0 radical (unpaired) electrons. The number of amides is 3. The van der Waals surface area contributed by atoms with Crippen LogP contribution >= 0.6 is 11.3 Å². The molecule has 0 bridgehead atoms. The van der Waals surface area contributed by atoms with Gasteiger partial charge >= 0.3 is 6.03 Å². The Hall–Kier alpha value is -2.74. The zero-order chi connectivity index (χ0) is 21.5. The summed E-state index contributed by atoms with van der Waals surface area (Å²) in [7, 11) is 0. The molecule has 1 atom stereocenters. The van der Waals surface area contributed by atoms with Crippen LogP contribution in [0.4, 0.5) is 14.9 Å². The van der Waals surface area contributed by atoms with Gasteiger partial charge in [-0.25, -0.2) is 9.18 Å². The highest BCUT2D eigenvalue weighted by molar-refractivity contribution is 7.14. The van der Waals surface area contributed by atoms with Gasteiger partial charge in [0.25, 0.3) is 0 Å². The molecule has 6 nitrogen and oxygen atoms in total. The van der Waals surface area contributed by atoms with Crippen LogP contribution in [-0.4, -0.2) is 42.3 Å². The van der Waals surface area contributed by atoms with Crippen molar-refractivity contribution in [2.75, 3.05) is 25.0 Å². The van der Waals surface area contributed by atoms with E-state index >= 15 is 0 Å². The molecule has 1 aromatic heterocycles. The second-order valence-corrected chi connectivity index (χ2v) is 8.81. The minimum absolute atomic E-state index is 0.00527. The van der Waals surface area contributed by atoms with E-state index in [2.05, 4.69) is 10.6 Å². The van der Waals surface area contributed by atoms with Crippen molar-refractivity contribution in [2.45, 2.75) is 32.6 Å². The maximum absolute atomic E-state index is 13.2. The number of rotatable bonds is 7. The number of halogens is 1. The monoisotopic (exact) mass is 431 g/mol. The van der Waals surface area contributed by atoms with Gasteiger partial charge in [-0.3, -0.25) is 9.59 Å². The Morgan fingerprint density at radius 2 is 2.03 bits per heavy atom. The Kier molecular flexibility index (Phi) is 7.57. The van der Waals surface area contributed by atoms with E-state index in [1.807, 2.05) is 19.1 Å². The lowest BCUT2D eigenvalue weighted by atomic mass is 9.97. The lowest BCUT2D eigenvalue weighted by Gasteiger charge is -2.33. The molecule has 3 amide bonds. The number of benzene rings is 1. The number of urea groups is 1. The molecule has 160 valence electrons. The number of likely N-dealkylation sites (tertiary alicyclic amines) is 1. The van der Waals surface area contributed by atoms with Crippen LogP contribution in [-0.2, 0) is 4.79 Å². The molecule has 0 aliphatic carbocycles. The summed E-state index contributed by atoms with van der Waals surface area (Å²) < 4.78 is 13.2. The van der Waals surface area contributed by atoms with E-state index in [1.165, 1.54) is 29.5 Å². The highest BCUT2D eigenvalue weighted by Crippen LogP contribution is 2.20. The van der Waals surface area contributed by atoms with Crippen molar-refractivity contribution < 1.29 is 18.8 Å². The van der Waals surface area contributed by atoms with Crippen LogP contribution in [0, 0.1) is 18.7 Å². The third-order valence-corrected chi connectivity index (χ3v) is 6.13. The normalized spacial score (nSPS) is 16.2. The number of hydrogen-bond donors (Lipinski definition) is 2. The topological polar surface area (TPSA) is 78.5 Å². The van der Waals surface area contributed by atoms with E-state index in [0.29, 0.717) is 30.2 Å².